The fraction of sp³-hybridized carbons (Fsp3) is 0.617. The number of methoxy groups -OCH3 is 1. The Balaban J connectivity index is 1.21. The monoisotopic (exact) mass is 946 g/mol. The number of amides is 1. The van der Waals surface area contributed by atoms with Gasteiger partial charge in [0.25, 0.3) is 5.72 Å². The van der Waals surface area contributed by atoms with Crippen LogP contribution in [0.25, 0.3) is 11.3 Å². The number of ether oxygens (including phenoxy) is 5. The minimum Gasteiger partial charge on any atom is -0.455 e. The zero-order valence-corrected chi connectivity index (χ0v) is 40.1. The first kappa shape index (κ1) is 50.1. The third-order valence-electron chi connectivity index (χ3n) is 13.9. The van der Waals surface area contributed by atoms with E-state index in [0.29, 0.717) is 50.2 Å². The Hall–Kier alpha value is -5.74. The summed E-state index contributed by atoms with van der Waals surface area (Å²) >= 11 is 0. The summed E-state index contributed by atoms with van der Waals surface area (Å²) in [5.74, 6) is -4.04. The Bertz CT molecular complexity index is 2430. The topological polar surface area (TPSA) is 268 Å². The Kier molecular flexibility index (Phi) is 15.4. The van der Waals surface area contributed by atoms with Gasteiger partial charge in [0.15, 0.2) is 18.2 Å². The maximum absolute atomic E-state index is 14.7. The third kappa shape index (κ3) is 10.2. The number of carbonyl (C=O) groups excluding carboxylic acids is 3. The number of carbonyl (C=O) groups is 3. The number of nitrogen functional groups attached to an aromatic ring is 2. The number of aryl methyl sites for hydroxylation is 1. The van der Waals surface area contributed by atoms with Gasteiger partial charge < -0.3 is 50.1 Å². The molecule has 0 radical (unpaired) electrons. The van der Waals surface area contributed by atoms with Crippen LogP contribution in [0.1, 0.15) is 86.6 Å². The first-order valence-corrected chi connectivity index (χ1v) is 23.5. The zero-order valence-electron chi connectivity index (χ0n) is 40.1. The van der Waals surface area contributed by atoms with E-state index in [1.54, 1.807) is 48.2 Å². The van der Waals surface area contributed by atoms with Crippen LogP contribution >= 0.6 is 0 Å². The van der Waals surface area contributed by atoms with Gasteiger partial charge in [0, 0.05) is 62.0 Å². The summed E-state index contributed by atoms with van der Waals surface area (Å²) in [6.07, 6.45) is 4.50. The Morgan fingerprint density at radius 3 is 2.49 bits per heavy atom. The molecule has 0 spiro atoms. The summed E-state index contributed by atoms with van der Waals surface area (Å²) in [4.78, 5) is 67.4. The molecule has 0 bridgehead atoms. The molecule has 68 heavy (non-hydrogen) atoms. The van der Waals surface area contributed by atoms with E-state index < -0.39 is 89.4 Å². The number of esters is 1. The van der Waals surface area contributed by atoms with E-state index in [4.69, 9.17) is 35.2 Å². The van der Waals surface area contributed by atoms with Crippen LogP contribution in [0, 0.1) is 17.8 Å². The first-order valence-electron chi connectivity index (χ1n) is 23.5. The second kappa shape index (κ2) is 20.9. The molecule has 21 heteroatoms. The molecule has 3 fully saturated rings. The molecule has 1 aromatic carbocycles. The number of aromatic nitrogens is 7. The second-order valence-electron chi connectivity index (χ2n) is 18.9. The van der Waals surface area contributed by atoms with Crippen molar-refractivity contribution in [2.24, 2.45) is 17.8 Å². The van der Waals surface area contributed by atoms with Crippen LogP contribution in [-0.4, -0.2) is 131 Å². The number of unbranched alkanes of at least 4 members (excludes halogenated alkanes) is 1. The minimum atomic E-state index is -1.98. The van der Waals surface area contributed by atoms with Crippen molar-refractivity contribution < 1.29 is 43.2 Å². The number of imidazole rings is 1. The van der Waals surface area contributed by atoms with Crippen LogP contribution < -0.4 is 22.5 Å². The van der Waals surface area contributed by atoms with Crippen molar-refractivity contribution in [3.63, 3.8) is 0 Å². The molecular weight excluding hydrogens is 879 g/mol. The number of aliphatic hydroxyl groups is 1. The predicted molar refractivity (Wildman–Crippen MR) is 248 cm³/mol. The molecule has 3 aliphatic heterocycles. The fourth-order valence-corrected chi connectivity index (χ4v) is 10.3. The summed E-state index contributed by atoms with van der Waals surface area (Å²) in [5, 5.41) is 24.0. The van der Waals surface area contributed by atoms with E-state index >= 15 is 0 Å². The molecule has 4 aromatic rings. The van der Waals surface area contributed by atoms with Crippen LogP contribution in [0.15, 0.2) is 66.2 Å². The van der Waals surface area contributed by atoms with Crippen molar-refractivity contribution in [1.29, 1.82) is 0 Å². The van der Waals surface area contributed by atoms with Crippen LogP contribution in [0.5, 0.6) is 0 Å². The number of nitrogens with zero attached hydrogens (tertiary/aromatic N) is 8. The fourth-order valence-electron chi connectivity index (χ4n) is 10.3. The summed E-state index contributed by atoms with van der Waals surface area (Å²) < 4.78 is 36.7. The molecule has 21 nitrogen and oxygen atoms in total. The molecule has 3 saturated heterocycles. The number of benzene rings is 1. The predicted octanol–water partition coefficient (Wildman–Crippen LogP) is 3.53. The lowest BCUT2D eigenvalue weighted by Crippen LogP contribution is -2.65. The van der Waals surface area contributed by atoms with Crippen molar-refractivity contribution in [2.45, 2.75) is 147 Å². The van der Waals surface area contributed by atoms with Gasteiger partial charge in [-0.05, 0) is 90.5 Å². The van der Waals surface area contributed by atoms with Gasteiger partial charge in [0.05, 0.1) is 36.4 Å². The lowest BCUT2D eigenvalue weighted by molar-refractivity contribution is -0.294. The molecule has 6 heterocycles. The highest BCUT2D eigenvalue weighted by Crippen LogP contribution is 2.43. The highest BCUT2D eigenvalue weighted by atomic mass is 16.7. The molecule has 3 aliphatic rings. The molecule has 3 aromatic heterocycles. The highest BCUT2D eigenvalue weighted by Gasteiger charge is 2.63. The van der Waals surface area contributed by atoms with Gasteiger partial charge in [-0.15, -0.1) is 5.10 Å². The van der Waals surface area contributed by atoms with Crippen LogP contribution in [0.4, 0.5) is 16.3 Å². The molecule has 0 aliphatic carbocycles. The summed E-state index contributed by atoms with van der Waals surface area (Å²) in [6.45, 7) is 13.5. The molecule has 6 N–H and O–H groups in total. The number of Topliss-reactive ketones (excluding diaryl/α,β-unsaturated/α-hetero) is 1. The van der Waals surface area contributed by atoms with Crippen LogP contribution in [0.3, 0.4) is 0 Å². The van der Waals surface area contributed by atoms with Crippen molar-refractivity contribution in [3.05, 3.63) is 71.9 Å². The normalized spacial score (nSPS) is 33.0. The Morgan fingerprint density at radius 1 is 1.03 bits per heavy atom. The van der Waals surface area contributed by atoms with Crippen LogP contribution in [0.2, 0.25) is 0 Å². The Morgan fingerprint density at radius 2 is 1.79 bits per heavy atom. The third-order valence-corrected chi connectivity index (χ3v) is 13.9. The lowest BCUT2D eigenvalue weighted by Gasteiger charge is -2.46. The molecule has 370 valence electrons. The minimum absolute atomic E-state index is 0.0569. The van der Waals surface area contributed by atoms with E-state index in [0.717, 1.165) is 5.56 Å². The zero-order chi connectivity index (χ0) is 49.1. The number of hydrogen-bond acceptors (Lipinski definition) is 17. The maximum atomic E-state index is 14.7. The van der Waals surface area contributed by atoms with E-state index in [2.05, 4.69) is 25.6 Å². The molecule has 7 rings (SSSR count). The van der Waals surface area contributed by atoms with Crippen molar-refractivity contribution in [2.75, 3.05) is 31.7 Å². The number of rotatable bonds is 12. The summed E-state index contributed by atoms with van der Waals surface area (Å²) in [6, 6.07) is 6.77. The summed E-state index contributed by atoms with van der Waals surface area (Å²) in [7, 11) is 1.54. The summed E-state index contributed by atoms with van der Waals surface area (Å²) in [5.41, 5.74) is 10.1. The average molecular weight is 946 g/mol. The molecule has 1 amide bonds. The number of cyclic esters (lactones) is 1. The van der Waals surface area contributed by atoms with Crippen molar-refractivity contribution in [3.8, 4) is 11.3 Å². The standard InChI is InChI=1S/C47H67N11O10/c1-9-36-47(58-19-15-37(49)52-44(58)62)40(57(45(63)68-47)18-11-10-17-56-25-34(53-54-56)32-13-12-14-33(48)22-32)31(6)51-24-27(2)23-46(7,64-8)41(29(4)38(59)30(5)42(61)66-36)67-43-39(60)35(21-28(3)65-43)55-20-16-50-26-55/h12-16,19-20,22,25-31,35-36,39-41,43,51,60H,9-11,17-18,21,23-24,48H2,1-8H3,(H2,49,52,62)/t27-,28-,29+,30-,31-,35?,36-,39?,40-,41-,43+,46-,47-/m1/s1. The van der Waals surface area contributed by atoms with Gasteiger partial charge in [-0.2, -0.15) is 4.98 Å². The Labute approximate surface area is 395 Å². The number of hydrogen-bond donors (Lipinski definition) is 4. The molecular formula is C47H67N11O10. The smallest absolute Gasteiger partial charge is 0.412 e. The van der Waals surface area contributed by atoms with Gasteiger partial charge in [0.1, 0.15) is 29.6 Å². The number of aliphatic hydroxyl groups excluding tert-OH is 1. The van der Waals surface area contributed by atoms with E-state index in [1.165, 1.54) is 30.9 Å². The van der Waals surface area contributed by atoms with E-state index in [-0.39, 0.29) is 30.8 Å². The van der Waals surface area contributed by atoms with Gasteiger partial charge in [-0.3, -0.25) is 23.7 Å². The number of nitrogens with two attached hydrogens (primary N) is 2. The molecule has 0 saturated carbocycles. The van der Waals surface area contributed by atoms with Gasteiger partial charge >= 0.3 is 17.8 Å². The average Bonchev–Trinajstić information content (AvgIpc) is 4.08. The van der Waals surface area contributed by atoms with Gasteiger partial charge in [-0.25, -0.2) is 14.6 Å². The van der Waals surface area contributed by atoms with E-state index in [9.17, 15) is 24.3 Å². The largest absolute Gasteiger partial charge is 0.455 e. The number of anilines is 2. The van der Waals surface area contributed by atoms with Gasteiger partial charge in [-0.1, -0.05) is 38.1 Å². The molecule has 2 unspecified atom stereocenters. The maximum Gasteiger partial charge on any atom is 0.412 e. The number of nitrogens with one attached hydrogen (secondary N) is 1. The second-order valence-corrected chi connectivity index (χ2v) is 18.9. The van der Waals surface area contributed by atoms with E-state index in [1.807, 2.05) is 56.7 Å². The van der Waals surface area contributed by atoms with Crippen molar-refractivity contribution >= 4 is 29.4 Å². The van der Waals surface area contributed by atoms with Crippen molar-refractivity contribution in [1.82, 2.24) is 44.3 Å². The van der Waals surface area contributed by atoms with Crippen LogP contribution in [-0.2, 0) is 45.5 Å². The lowest BCUT2D eigenvalue weighted by atomic mass is 9.78. The number of ketones is 1. The highest BCUT2D eigenvalue weighted by molar-refractivity contribution is 6.00. The number of fused-ring (bicyclic) bond motifs is 1. The first-order chi connectivity index (χ1) is 32.4. The SMILES string of the molecule is CC[C@H]1OC(=O)[C@H](C)C(=O)[C@H](C)[C@@H](O[C@@H]2O[C@H](C)CC(n3ccnc3)C2O)[C@](C)(OC)C[C@@H](C)CN[C@H](C)[C@H]2N(CCCCn3cc(-c4cccc(N)c4)nn3)C(=O)O[C@]12n1ccc(N)nc1=O. The molecule has 13 atom stereocenters. The quantitative estimate of drug-likeness (QED) is 0.0685. The van der Waals surface area contributed by atoms with Gasteiger partial charge in [0.2, 0.25) is 0 Å².